The quantitative estimate of drug-likeness (QED) is 0.432. The highest BCUT2D eigenvalue weighted by atomic mass is 32.2. The molecule has 1 saturated heterocycles. The van der Waals surface area contributed by atoms with Crippen LogP contribution in [0.25, 0.3) is 11.5 Å². The third-order valence-electron chi connectivity index (χ3n) is 4.45. The summed E-state index contributed by atoms with van der Waals surface area (Å²) in [7, 11) is 0. The van der Waals surface area contributed by atoms with E-state index in [2.05, 4.69) is 17.1 Å². The van der Waals surface area contributed by atoms with Gasteiger partial charge in [-0.15, -0.1) is 10.2 Å². The number of non-ortho nitro benzene ring substituents is 1. The number of piperidine rings is 1. The summed E-state index contributed by atoms with van der Waals surface area (Å²) in [5.41, 5.74) is 0.438. The first-order valence-electron chi connectivity index (χ1n) is 8.59. The first kappa shape index (κ1) is 18.4. The smallest absolute Gasteiger partial charge is 0.277 e. The highest BCUT2D eigenvalue weighted by molar-refractivity contribution is 7.99. The molecule has 0 aliphatic carbocycles. The molecule has 8 nitrogen and oxygen atoms in total. The number of amides is 1. The second-order valence-corrected chi connectivity index (χ2v) is 7.04. The third kappa shape index (κ3) is 4.21. The van der Waals surface area contributed by atoms with Gasteiger partial charge in [0.05, 0.1) is 10.7 Å². The summed E-state index contributed by atoms with van der Waals surface area (Å²) in [5.74, 6) is 0.525. The molecule has 0 radical (unpaired) electrons. The van der Waals surface area contributed by atoms with Gasteiger partial charge in [-0.25, -0.2) is 0 Å². The molecule has 3 rings (SSSR count). The molecule has 26 heavy (non-hydrogen) atoms. The van der Waals surface area contributed by atoms with Gasteiger partial charge in [0, 0.05) is 30.3 Å². The van der Waals surface area contributed by atoms with Crippen molar-refractivity contribution in [1.29, 1.82) is 0 Å². The molecule has 1 aliphatic heterocycles. The van der Waals surface area contributed by atoms with Gasteiger partial charge in [0.1, 0.15) is 0 Å². The van der Waals surface area contributed by atoms with Crippen LogP contribution in [0.4, 0.5) is 5.69 Å². The van der Waals surface area contributed by atoms with Crippen molar-refractivity contribution >= 4 is 23.4 Å². The van der Waals surface area contributed by atoms with Crippen molar-refractivity contribution in [2.75, 3.05) is 12.3 Å². The molecule has 0 unspecified atom stereocenters. The van der Waals surface area contributed by atoms with Crippen LogP contribution >= 0.6 is 11.8 Å². The van der Waals surface area contributed by atoms with Crippen LogP contribution in [0, 0.1) is 10.1 Å². The number of nitrogens with zero attached hydrogens (tertiary/aromatic N) is 4. The van der Waals surface area contributed by atoms with E-state index in [9.17, 15) is 14.9 Å². The zero-order chi connectivity index (χ0) is 18.5. The Balaban J connectivity index is 1.63. The lowest BCUT2D eigenvalue weighted by atomic mass is 10.0. The topological polar surface area (TPSA) is 102 Å². The van der Waals surface area contributed by atoms with E-state index < -0.39 is 4.92 Å². The lowest BCUT2D eigenvalue weighted by Gasteiger charge is -2.35. The van der Waals surface area contributed by atoms with Gasteiger partial charge < -0.3 is 9.32 Å². The average molecular weight is 376 g/mol. The minimum Gasteiger partial charge on any atom is -0.411 e. The largest absolute Gasteiger partial charge is 0.411 e. The molecular weight excluding hydrogens is 356 g/mol. The Morgan fingerprint density at radius 1 is 1.42 bits per heavy atom. The maximum atomic E-state index is 12.5. The summed E-state index contributed by atoms with van der Waals surface area (Å²) < 4.78 is 5.54. The minimum absolute atomic E-state index is 0.0409. The van der Waals surface area contributed by atoms with Crippen molar-refractivity contribution < 1.29 is 14.1 Å². The fraction of sp³-hybridized carbons (Fsp3) is 0.471. The van der Waals surface area contributed by atoms with Crippen LogP contribution < -0.4 is 0 Å². The number of aromatic nitrogens is 2. The van der Waals surface area contributed by atoms with Gasteiger partial charge in [-0.05, 0) is 31.7 Å². The maximum absolute atomic E-state index is 12.5. The highest BCUT2D eigenvalue weighted by Crippen LogP contribution is 2.27. The van der Waals surface area contributed by atoms with Crippen molar-refractivity contribution in [2.24, 2.45) is 0 Å². The van der Waals surface area contributed by atoms with Crippen molar-refractivity contribution in [2.45, 2.75) is 43.9 Å². The van der Waals surface area contributed by atoms with Gasteiger partial charge >= 0.3 is 0 Å². The lowest BCUT2D eigenvalue weighted by molar-refractivity contribution is -0.384. The number of nitro groups is 1. The molecule has 1 amide bonds. The van der Waals surface area contributed by atoms with Crippen LogP contribution in [-0.2, 0) is 4.79 Å². The van der Waals surface area contributed by atoms with Gasteiger partial charge in [-0.1, -0.05) is 24.8 Å². The van der Waals surface area contributed by atoms with E-state index in [0.29, 0.717) is 11.6 Å². The molecule has 1 aromatic heterocycles. The van der Waals surface area contributed by atoms with Crippen molar-refractivity contribution in [1.82, 2.24) is 15.1 Å². The Bertz CT molecular complexity index is 795. The number of hydrogen-bond acceptors (Lipinski definition) is 7. The molecule has 0 saturated carbocycles. The highest BCUT2D eigenvalue weighted by Gasteiger charge is 2.25. The van der Waals surface area contributed by atoms with Crippen LogP contribution in [-0.4, -0.2) is 44.3 Å². The summed E-state index contributed by atoms with van der Waals surface area (Å²) in [4.78, 5) is 24.8. The molecule has 1 atom stereocenters. The standard InChI is InChI=1S/C17H20N4O4S/c1-2-13-7-3-4-9-20(13)15(22)11-26-17-19-18-16(25-17)12-6-5-8-14(10-12)21(23)24/h5-6,8,10,13H,2-4,7,9,11H2,1H3/t13-/m0/s1. The molecule has 1 aliphatic rings. The van der Waals surface area contributed by atoms with E-state index in [0.717, 1.165) is 25.8 Å². The Hall–Kier alpha value is -2.42. The minimum atomic E-state index is -0.475. The average Bonchev–Trinajstić information content (AvgIpc) is 3.15. The zero-order valence-electron chi connectivity index (χ0n) is 14.5. The molecule has 138 valence electrons. The number of nitro benzene ring substituents is 1. The molecule has 9 heteroatoms. The van der Waals surface area contributed by atoms with E-state index in [-0.39, 0.29) is 28.5 Å². The second kappa shape index (κ2) is 8.31. The number of likely N-dealkylation sites (tertiary alicyclic amines) is 1. The molecule has 0 spiro atoms. The predicted molar refractivity (Wildman–Crippen MR) is 96.8 cm³/mol. The Morgan fingerprint density at radius 3 is 3.04 bits per heavy atom. The first-order chi connectivity index (χ1) is 12.6. The van der Waals surface area contributed by atoms with Gasteiger partial charge in [0.2, 0.25) is 11.8 Å². The fourth-order valence-corrected chi connectivity index (χ4v) is 3.75. The van der Waals surface area contributed by atoms with E-state index in [4.69, 9.17) is 4.42 Å². The maximum Gasteiger partial charge on any atom is 0.277 e. The Kier molecular flexibility index (Phi) is 5.87. The number of carbonyl (C=O) groups excluding carboxylic acids is 1. The van der Waals surface area contributed by atoms with Gasteiger partial charge in [-0.2, -0.15) is 0 Å². The van der Waals surface area contributed by atoms with E-state index in [1.807, 2.05) is 4.90 Å². The summed E-state index contributed by atoms with van der Waals surface area (Å²) >= 11 is 1.20. The molecular formula is C17H20N4O4S. The van der Waals surface area contributed by atoms with Crippen molar-refractivity contribution in [3.05, 3.63) is 34.4 Å². The zero-order valence-corrected chi connectivity index (χ0v) is 15.3. The van der Waals surface area contributed by atoms with Gasteiger partial charge in [0.25, 0.3) is 10.9 Å². The van der Waals surface area contributed by atoms with Crippen LogP contribution in [0.15, 0.2) is 33.9 Å². The van der Waals surface area contributed by atoms with Crippen LogP contribution in [0.1, 0.15) is 32.6 Å². The fourth-order valence-electron chi connectivity index (χ4n) is 3.10. The normalized spacial score (nSPS) is 17.3. The summed E-state index contributed by atoms with van der Waals surface area (Å²) in [6.45, 7) is 2.91. The SMILES string of the molecule is CC[C@H]1CCCCN1C(=O)CSc1nnc(-c2cccc([N+](=O)[O-])c2)o1. The predicted octanol–water partition coefficient (Wildman–Crippen LogP) is 3.53. The summed E-state index contributed by atoms with van der Waals surface area (Å²) in [6, 6.07) is 6.33. The monoisotopic (exact) mass is 376 g/mol. The number of thioether (sulfide) groups is 1. The van der Waals surface area contributed by atoms with E-state index in [1.54, 1.807) is 12.1 Å². The van der Waals surface area contributed by atoms with Crippen LogP contribution in [0.3, 0.4) is 0 Å². The Morgan fingerprint density at radius 2 is 2.27 bits per heavy atom. The number of hydrogen-bond donors (Lipinski definition) is 0. The van der Waals surface area contributed by atoms with Crippen molar-refractivity contribution in [3.63, 3.8) is 0 Å². The summed E-state index contributed by atoms with van der Waals surface area (Å²) in [5, 5.41) is 19.0. The van der Waals surface area contributed by atoms with Crippen LogP contribution in [0.2, 0.25) is 0 Å². The van der Waals surface area contributed by atoms with Gasteiger partial charge in [0.15, 0.2) is 0 Å². The third-order valence-corrected chi connectivity index (χ3v) is 5.25. The Labute approximate surface area is 155 Å². The van der Waals surface area contributed by atoms with E-state index in [1.165, 1.54) is 30.3 Å². The molecule has 1 aromatic carbocycles. The second-order valence-electron chi connectivity index (χ2n) is 6.11. The lowest BCUT2D eigenvalue weighted by Crippen LogP contribution is -2.44. The van der Waals surface area contributed by atoms with E-state index >= 15 is 0 Å². The number of rotatable bonds is 6. The van der Waals surface area contributed by atoms with Crippen molar-refractivity contribution in [3.8, 4) is 11.5 Å². The first-order valence-corrected chi connectivity index (χ1v) is 9.57. The molecule has 2 aromatic rings. The molecule has 1 fully saturated rings. The van der Waals surface area contributed by atoms with Crippen LogP contribution in [0.5, 0.6) is 0 Å². The molecule has 0 bridgehead atoms. The van der Waals surface area contributed by atoms with Gasteiger partial charge in [-0.3, -0.25) is 14.9 Å². The number of benzene rings is 1. The number of carbonyl (C=O) groups is 1. The summed E-state index contributed by atoms with van der Waals surface area (Å²) in [6.07, 6.45) is 4.24. The molecule has 2 heterocycles. The molecule has 0 N–H and O–H groups in total.